The summed E-state index contributed by atoms with van der Waals surface area (Å²) >= 11 is 0. The van der Waals surface area contributed by atoms with Crippen LogP contribution in [0.3, 0.4) is 0 Å². The first kappa shape index (κ1) is 63.9. The molecule has 0 spiro atoms. The number of quaternary nitrogens is 5. The van der Waals surface area contributed by atoms with Crippen LogP contribution in [0.1, 0.15) is 0 Å². The van der Waals surface area contributed by atoms with Crippen molar-refractivity contribution in [3.63, 3.8) is 0 Å². The molecule has 0 aliphatic rings. The minimum Gasteiger partial charge on any atom is -1.00 e. The lowest BCUT2D eigenvalue weighted by Crippen LogP contribution is -3.00. The number of halogens is 5. The quantitative estimate of drug-likeness (QED) is 0.168. The van der Waals surface area contributed by atoms with Crippen LogP contribution in [0.15, 0.2) is 0 Å². The zero-order valence-corrected chi connectivity index (χ0v) is 33.5. The first-order valence-electron chi connectivity index (χ1n) is 8.94. The topological polar surface area (TPSA) is 0 Å². The second kappa shape index (κ2) is 28.2. The van der Waals surface area contributed by atoms with Crippen molar-refractivity contribution in [3.05, 3.63) is 0 Å². The van der Waals surface area contributed by atoms with Crippen molar-refractivity contribution in [1.29, 1.82) is 0 Å². The van der Waals surface area contributed by atoms with E-state index in [1.165, 1.54) is 0 Å². The number of hydrogen-bond donors (Lipinski definition) is 0. The first-order chi connectivity index (χ1) is 10.0. The van der Waals surface area contributed by atoms with E-state index in [1.54, 1.807) is 0 Å². The van der Waals surface area contributed by atoms with E-state index in [4.69, 9.17) is 0 Å². The summed E-state index contributed by atoms with van der Waals surface area (Å²) in [4.78, 5) is 0. The number of hydrogen-bond acceptors (Lipinski definition) is 0. The molecule has 0 amide bonds. The number of nitrogens with zero attached hydrogens (tertiary/aromatic N) is 5. The van der Waals surface area contributed by atoms with Crippen molar-refractivity contribution < 1.29 is 131 Å². The largest absolute Gasteiger partial charge is 1.00 e. The van der Waals surface area contributed by atoms with E-state index in [-0.39, 0.29) is 108 Å². The van der Waals surface area contributed by atoms with Gasteiger partial charge >= 0.3 is 0 Å². The van der Waals surface area contributed by atoms with Gasteiger partial charge in [-0.25, -0.2) is 0 Å². The molecule has 0 aliphatic carbocycles. The average molecular weight is 914 g/mol. The lowest BCUT2D eigenvalue weighted by molar-refractivity contribution is -0.849. The highest BCUT2D eigenvalue weighted by Gasteiger charge is 1.90. The normalized spacial score (nSPS) is 10.0. The molecule has 0 heterocycles. The lowest BCUT2D eigenvalue weighted by atomic mass is 10.8. The standard InChI is InChI=1S/5C4H12N.ClH.4HI/c5*1-5(2,3)4;;;;;/h5*1-4H3;5*1H/q5*+1;;;;;/p-5. The van der Waals surface area contributed by atoms with E-state index in [0.29, 0.717) is 0 Å². The summed E-state index contributed by atoms with van der Waals surface area (Å²) in [7, 11) is 42.5. The minimum absolute atomic E-state index is 0. The van der Waals surface area contributed by atoms with Gasteiger partial charge in [0.25, 0.3) is 0 Å². The van der Waals surface area contributed by atoms with E-state index in [1.807, 2.05) is 0 Å². The summed E-state index contributed by atoms with van der Waals surface area (Å²) in [5.74, 6) is 0. The molecule has 0 unspecified atom stereocenters. The predicted molar refractivity (Wildman–Crippen MR) is 120 cm³/mol. The van der Waals surface area contributed by atoms with Gasteiger partial charge in [-0.3, -0.25) is 0 Å². The van der Waals surface area contributed by atoms with Gasteiger partial charge in [0.1, 0.15) is 0 Å². The summed E-state index contributed by atoms with van der Waals surface area (Å²) in [5.41, 5.74) is 0. The highest BCUT2D eigenvalue weighted by Crippen LogP contribution is 1.75. The molecule has 10 heteroatoms. The van der Waals surface area contributed by atoms with Crippen LogP contribution < -0.4 is 108 Å². The highest BCUT2D eigenvalue weighted by molar-refractivity contribution is 3.89. The summed E-state index contributed by atoms with van der Waals surface area (Å²) in [6.45, 7) is 0. The molecule has 0 radical (unpaired) electrons. The van der Waals surface area contributed by atoms with Crippen LogP contribution in [0.2, 0.25) is 0 Å². The molecule has 0 aromatic rings. The molecule has 0 aliphatic heterocycles. The molecule has 0 aromatic carbocycles. The lowest BCUT2D eigenvalue weighted by Gasteiger charge is -2.14. The molecule has 200 valence electrons. The van der Waals surface area contributed by atoms with Gasteiger partial charge in [-0.05, 0) is 0 Å². The Labute approximate surface area is 268 Å². The molecular weight excluding hydrogens is 853 g/mol. The monoisotopic (exact) mass is 913 g/mol. The Morgan fingerprint density at radius 2 is 0.200 bits per heavy atom. The Morgan fingerprint density at radius 1 is 0.200 bits per heavy atom. The van der Waals surface area contributed by atoms with Gasteiger partial charge in [0, 0.05) is 0 Å². The molecule has 30 heavy (non-hydrogen) atoms. The van der Waals surface area contributed by atoms with Crippen molar-refractivity contribution in [1.82, 2.24) is 0 Å². The summed E-state index contributed by atoms with van der Waals surface area (Å²) < 4.78 is 5.00. The summed E-state index contributed by atoms with van der Waals surface area (Å²) in [5, 5.41) is 0. The zero-order valence-electron chi connectivity index (χ0n) is 24.1. The van der Waals surface area contributed by atoms with Gasteiger partial charge in [0.05, 0.1) is 141 Å². The molecular formula is C20H60ClI4N5. The molecule has 0 saturated heterocycles. The van der Waals surface area contributed by atoms with E-state index in [0.717, 1.165) is 22.4 Å². The smallest absolute Gasteiger partial charge is 0.0675 e. The van der Waals surface area contributed by atoms with Crippen LogP contribution in [-0.4, -0.2) is 163 Å². The Kier molecular flexibility index (Phi) is 60.2. The Bertz CT molecular complexity index is 188. The van der Waals surface area contributed by atoms with Crippen LogP contribution in [0.25, 0.3) is 0 Å². The van der Waals surface area contributed by atoms with Gasteiger partial charge in [-0.15, -0.1) is 0 Å². The average Bonchev–Trinajstić information content (AvgIpc) is 1.79. The van der Waals surface area contributed by atoms with Crippen LogP contribution in [-0.2, 0) is 0 Å². The fourth-order valence-corrected chi connectivity index (χ4v) is 0. The van der Waals surface area contributed by atoms with Gasteiger partial charge in [-0.1, -0.05) is 0 Å². The fraction of sp³-hybridized carbons (Fsp3) is 1.00. The molecule has 0 rings (SSSR count). The Morgan fingerprint density at radius 3 is 0.200 bits per heavy atom. The van der Waals surface area contributed by atoms with Crippen LogP contribution >= 0.6 is 0 Å². The van der Waals surface area contributed by atoms with Crippen molar-refractivity contribution >= 4 is 0 Å². The molecule has 0 fully saturated rings. The summed E-state index contributed by atoms with van der Waals surface area (Å²) in [6, 6.07) is 0. The van der Waals surface area contributed by atoms with Gasteiger partial charge < -0.3 is 131 Å². The molecule has 5 nitrogen and oxygen atoms in total. The van der Waals surface area contributed by atoms with Gasteiger partial charge in [0.2, 0.25) is 0 Å². The maximum Gasteiger partial charge on any atom is 0.0675 e. The van der Waals surface area contributed by atoms with Crippen molar-refractivity contribution in [2.24, 2.45) is 0 Å². The zero-order chi connectivity index (χ0) is 22.5. The molecule has 0 aromatic heterocycles. The van der Waals surface area contributed by atoms with E-state index in [9.17, 15) is 0 Å². The second-order valence-corrected chi connectivity index (χ2v) is 13.4. The molecule has 0 saturated carbocycles. The second-order valence-electron chi connectivity index (χ2n) is 13.4. The summed E-state index contributed by atoms with van der Waals surface area (Å²) in [6.07, 6.45) is 0. The minimum atomic E-state index is 0. The SMILES string of the molecule is C[N+](C)(C)C.C[N+](C)(C)C.C[N+](C)(C)C.C[N+](C)(C)C.C[N+](C)(C)C.[Cl-].[I-].[I-].[I-].[I-]. The molecule has 0 N–H and O–H groups in total. The highest BCUT2D eigenvalue weighted by atomic mass is 127. The third-order valence-corrected chi connectivity index (χ3v) is 0. The number of rotatable bonds is 0. The third kappa shape index (κ3) is 3080. The maximum atomic E-state index is 2.12. The van der Waals surface area contributed by atoms with E-state index >= 15 is 0 Å². The van der Waals surface area contributed by atoms with Crippen molar-refractivity contribution in [2.45, 2.75) is 0 Å². The van der Waals surface area contributed by atoms with Gasteiger partial charge in [0.15, 0.2) is 0 Å². The van der Waals surface area contributed by atoms with Crippen LogP contribution in [0.5, 0.6) is 0 Å². The Hall–Kier alpha value is 3.01. The molecule has 0 bridgehead atoms. The predicted octanol–water partition coefficient (Wildman–Crippen LogP) is -13.4. The maximum absolute atomic E-state index is 2.12. The molecule has 0 atom stereocenters. The van der Waals surface area contributed by atoms with E-state index < -0.39 is 0 Å². The van der Waals surface area contributed by atoms with Gasteiger partial charge in [-0.2, -0.15) is 0 Å². The van der Waals surface area contributed by atoms with Crippen molar-refractivity contribution in [2.75, 3.05) is 141 Å². The third-order valence-electron chi connectivity index (χ3n) is 0. The van der Waals surface area contributed by atoms with E-state index in [2.05, 4.69) is 141 Å². The van der Waals surface area contributed by atoms with Crippen LogP contribution in [0.4, 0.5) is 0 Å². The first-order valence-corrected chi connectivity index (χ1v) is 8.94. The Balaban J connectivity index is -0.0000000200. The van der Waals surface area contributed by atoms with Crippen LogP contribution in [0, 0.1) is 0 Å². The fourth-order valence-electron chi connectivity index (χ4n) is 0. The van der Waals surface area contributed by atoms with Crippen molar-refractivity contribution in [3.8, 4) is 0 Å².